The smallest absolute Gasteiger partial charge is 0.278 e. The van der Waals surface area contributed by atoms with Crippen molar-refractivity contribution in [2.45, 2.75) is 58.2 Å². The van der Waals surface area contributed by atoms with Gasteiger partial charge in [0, 0.05) is 31.1 Å². The summed E-state index contributed by atoms with van der Waals surface area (Å²) in [6.45, 7) is 5.74. The van der Waals surface area contributed by atoms with Gasteiger partial charge in [-0.15, -0.1) is 0 Å². The summed E-state index contributed by atoms with van der Waals surface area (Å²) in [6.07, 6.45) is 4.56. The number of nitrogens with one attached hydrogen (secondary N) is 2. The fourth-order valence-corrected chi connectivity index (χ4v) is 3.18. The number of halogens is 2. The van der Waals surface area contributed by atoms with E-state index in [1.165, 1.54) is 18.7 Å². The van der Waals surface area contributed by atoms with Crippen molar-refractivity contribution in [2.24, 2.45) is 5.41 Å². The molecule has 0 bridgehead atoms. The average molecular weight is 433 g/mol. The Hall–Kier alpha value is -3.13. The van der Waals surface area contributed by atoms with Crippen LogP contribution in [-0.2, 0) is 6.54 Å². The minimum Gasteiger partial charge on any atom is -0.471 e. The van der Waals surface area contributed by atoms with E-state index in [0.29, 0.717) is 17.8 Å². The Morgan fingerprint density at radius 2 is 2.06 bits per heavy atom. The van der Waals surface area contributed by atoms with Gasteiger partial charge in [0.2, 0.25) is 11.8 Å². The third-order valence-electron chi connectivity index (χ3n) is 5.73. The Kier molecular flexibility index (Phi) is 5.96. The lowest BCUT2D eigenvalue weighted by Gasteiger charge is -2.57. The molecule has 11 heteroatoms. The monoisotopic (exact) mass is 433 g/mol. The van der Waals surface area contributed by atoms with Crippen LogP contribution in [0.5, 0.6) is 5.88 Å². The Labute approximate surface area is 178 Å². The molecule has 0 spiro atoms. The molecule has 0 unspecified atom stereocenters. The second-order valence-electron chi connectivity index (χ2n) is 8.53. The molecule has 9 nitrogen and oxygen atoms in total. The number of anilines is 2. The summed E-state index contributed by atoms with van der Waals surface area (Å²) >= 11 is 0. The molecular formula is C20H25F2N7O2. The molecule has 1 saturated carbocycles. The first-order valence-corrected chi connectivity index (χ1v) is 9.72. The summed E-state index contributed by atoms with van der Waals surface area (Å²) in [5, 5.41) is 26.0. The predicted molar refractivity (Wildman–Crippen MR) is 109 cm³/mol. The molecule has 2 atom stereocenters. The van der Waals surface area contributed by atoms with Gasteiger partial charge in [-0.1, -0.05) is 13.8 Å². The summed E-state index contributed by atoms with van der Waals surface area (Å²) in [7, 11) is 0. The minimum absolute atomic E-state index is 0.0365. The van der Waals surface area contributed by atoms with Crippen LogP contribution in [0, 0.1) is 16.7 Å². The fraction of sp³-hybridized carbons (Fsp3) is 0.550. The van der Waals surface area contributed by atoms with Gasteiger partial charge in [-0.05, 0) is 13.3 Å². The van der Waals surface area contributed by atoms with Crippen LogP contribution in [0.2, 0.25) is 0 Å². The van der Waals surface area contributed by atoms with Crippen LogP contribution in [0.15, 0.2) is 18.7 Å². The van der Waals surface area contributed by atoms with Crippen molar-refractivity contribution in [3.05, 3.63) is 29.8 Å². The second-order valence-corrected chi connectivity index (χ2v) is 8.53. The topological polar surface area (TPSA) is 129 Å². The van der Waals surface area contributed by atoms with Gasteiger partial charge in [-0.2, -0.15) is 10.2 Å². The molecule has 1 aliphatic rings. The first kappa shape index (κ1) is 22.6. The van der Waals surface area contributed by atoms with E-state index >= 15 is 0 Å². The van der Waals surface area contributed by atoms with Gasteiger partial charge in [0.15, 0.2) is 6.61 Å². The lowest BCUT2D eigenvalue weighted by Crippen LogP contribution is -2.64. The molecule has 2 aromatic rings. The van der Waals surface area contributed by atoms with Crippen LogP contribution in [0.4, 0.5) is 20.5 Å². The van der Waals surface area contributed by atoms with Gasteiger partial charge in [0.25, 0.3) is 5.92 Å². The van der Waals surface area contributed by atoms with Crippen LogP contribution in [0.1, 0.15) is 45.2 Å². The maximum absolute atomic E-state index is 13.1. The van der Waals surface area contributed by atoms with E-state index in [0.717, 1.165) is 6.92 Å². The first-order chi connectivity index (χ1) is 14.4. The SMILES string of the molecule is CC(F)(F)COc1ncncc1CNc1ncc(C#N)c(N[C@@H]2C[C@](C)(O)C2(C)C)n1. The maximum atomic E-state index is 13.1. The zero-order valence-electron chi connectivity index (χ0n) is 17.8. The van der Waals surface area contributed by atoms with E-state index in [2.05, 4.69) is 30.6 Å². The molecule has 1 fully saturated rings. The van der Waals surface area contributed by atoms with Gasteiger partial charge >= 0.3 is 0 Å². The Morgan fingerprint density at radius 3 is 2.68 bits per heavy atom. The zero-order chi connectivity index (χ0) is 22.9. The van der Waals surface area contributed by atoms with E-state index in [1.807, 2.05) is 19.9 Å². The van der Waals surface area contributed by atoms with Gasteiger partial charge in [0.05, 0.1) is 17.4 Å². The summed E-state index contributed by atoms with van der Waals surface area (Å²) in [5.74, 6) is -2.39. The quantitative estimate of drug-likeness (QED) is 0.575. The van der Waals surface area contributed by atoms with E-state index in [1.54, 1.807) is 6.92 Å². The third kappa shape index (κ3) is 4.96. The summed E-state index contributed by atoms with van der Waals surface area (Å²) < 4.78 is 31.3. The minimum atomic E-state index is -2.99. The number of aromatic nitrogens is 4. The second kappa shape index (κ2) is 8.19. The average Bonchev–Trinajstić information content (AvgIpc) is 2.70. The van der Waals surface area contributed by atoms with Crippen LogP contribution in [-0.4, -0.2) is 49.2 Å². The molecule has 3 rings (SSSR count). The number of rotatable bonds is 8. The molecule has 0 amide bonds. The van der Waals surface area contributed by atoms with Crippen molar-refractivity contribution in [1.29, 1.82) is 5.26 Å². The molecule has 0 aromatic carbocycles. The lowest BCUT2D eigenvalue weighted by atomic mass is 9.56. The van der Waals surface area contributed by atoms with E-state index in [-0.39, 0.29) is 30.0 Å². The molecular weight excluding hydrogens is 408 g/mol. The molecule has 2 heterocycles. The number of alkyl halides is 2. The van der Waals surface area contributed by atoms with Gasteiger partial charge in [0.1, 0.15) is 23.8 Å². The number of aliphatic hydroxyl groups is 1. The number of hydrogen-bond acceptors (Lipinski definition) is 9. The van der Waals surface area contributed by atoms with Crippen molar-refractivity contribution >= 4 is 11.8 Å². The summed E-state index contributed by atoms with van der Waals surface area (Å²) in [6, 6.07) is 1.98. The van der Waals surface area contributed by atoms with Gasteiger partial charge in [-0.3, -0.25) is 0 Å². The third-order valence-corrected chi connectivity index (χ3v) is 5.73. The van der Waals surface area contributed by atoms with E-state index < -0.39 is 23.5 Å². The molecule has 0 saturated heterocycles. The normalized spacial score (nSPS) is 22.2. The van der Waals surface area contributed by atoms with Gasteiger partial charge in [-0.25, -0.2) is 23.7 Å². The molecule has 0 aliphatic heterocycles. The Morgan fingerprint density at radius 1 is 1.32 bits per heavy atom. The zero-order valence-corrected chi connectivity index (χ0v) is 17.8. The van der Waals surface area contributed by atoms with Crippen molar-refractivity contribution in [3.8, 4) is 11.9 Å². The van der Waals surface area contributed by atoms with Crippen LogP contribution >= 0.6 is 0 Å². The Bertz CT molecular complexity index is 986. The predicted octanol–water partition coefficient (Wildman–Crippen LogP) is 2.75. The van der Waals surface area contributed by atoms with Crippen LogP contribution < -0.4 is 15.4 Å². The highest BCUT2D eigenvalue weighted by molar-refractivity contribution is 5.55. The summed E-state index contributed by atoms with van der Waals surface area (Å²) in [5.41, 5.74) is -0.506. The maximum Gasteiger partial charge on any atom is 0.278 e. The number of hydrogen-bond donors (Lipinski definition) is 3. The van der Waals surface area contributed by atoms with E-state index in [9.17, 15) is 19.1 Å². The van der Waals surface area contributed by atoms with Crippen molar-refractivity contribution in [3.63, 3.8) is 0 Å². The highest BCUT2D eigenvalue weighted by Crippen LogP contribution is 2.50. The fourth-order valence-electron chi connectivity index (χ4n) is 3.18. The summed E-state index contributed by atoms with van der Waals surface area (Å²) in [4.78, 5) is 16.3. The molecule has 1 aliphatic carbocycles. The molecule has 3 N–H and O–H groups in total. The number of nitriles is 1. The van der Waals surface area contributed by atoms with Crippen molar-refractivity contribution in [1.82, 2.24) is 19.9 Å². The standard InChI is InChI=1S/C20H25F2N7O2/c1-18(2)14(5-19(18,3)30)28-15-12(6-23)8-25-17(29-15)26-9-13-7-24-11-27-16(13)31-10-20(4,21)22/h7-8,11,14,30H,5,9-10H2,1-4H3,(H2,25,26,28,29)/t14-,19+/m1/s1. The van der Waals surface area contributed by atoms with Crippen LogP contribution in [0.25, 0.3) is 0 Å². The van der Waals surface area contributed by atoms with Crippen LogP contribution in [0.3, 0.4) is 0 Å². The molecule has 166 valence electrons. The number of nitrogens with zero attached hydrogens (tertiary/aromatic N) is 5. The molecule has 31 heavy (non-hydrogen) atoms. The Balaban J connectivity index is 1.71. The molecule has 2 aromatic heterocycles. The number of ether oxygens (including phenoxy) is 1. The van der Waals surface area contributed by atoms with E-state index in [4.69, 9.17) is 4.74 Å². The van der Waals surface area contributed by atoms with Gasteiger partial charge < -0.3 is 20.5 Å². The first-order valence-electron chi connectivity index (χ1n) is 9.72. The largest absolute Gasteiger partial charge is 0.471 e. The highest BCUT2D eigenvalue weighted by Gasteiger charge is 2.56. The highest BCUT2D eigenvalue weighted by atomic mass is 19.3. The molecule has 0 radical (unpaired) electrons. The van der Waals surface area contributed by atoms with Crippen molar-refractivity contribution in [2.75, 3.05) is 17.2 Å². The van der Waals surface area contributed by atoms with Crippen molar-refractivity contribution < 1.29 is 18.6 Å². The lowest BCUT2D eigenvalue weighted by molar-refractivity contribution is -0.142.